The van der Waals surface area contributed by atoms with Gasteiger partial charge in [0.05, 0.1) is 12.7 Å². The molecule has 19 heavy (non-hydrogen) atoms. The molecule has 3 heteroatoms. The van der Waals surface area contributed by atoms with E-state index in [9.17, 15) is 9.59 Å². The minimum atomic E-state index is -0.342. The number of Topliss-reactive ketones (excluding diaryl/α,β-unsaturated/α-hetero) is 1. The van der Waals surface area contributed by atoms with Gasteiger partial charge in [-0.1, -0.05) is 31.4 Å². The average Bonchev–Trinajstić information content (AvgIpc) is 2.48. The van der Waals surface area contributed by atoms with Crippen LogP contribution in [0.3, 0.4) is 0 Å². The number of ether oxygens (including phenoxy) is 1. The van der Waals surface area contributed by atoms with Crippen molar-refractivity contribution in [2.75, 3.05) is 7.11 Å². The number of carbonyl (C=O) groups is 2. The van der Waals surface area contributed by atoms with Gasteiger partial charge in [0.1, 0.15) is 5.78 Å². The van der Waals surface area contributed by atoms with Crippen molar-refractivity contribution in [3.05, 3.63) is 35.4 Å². The lowest BCUT2D eigenvalue weighted by molar-refractivity contribution is -0.123. The summed E-state index contributed by atoms with van der Waals surface area (Å²) in [5.41, 5.74) is 1.50. The molecular weight excluding hydrogens is 240 g/mol. The van der Waals surface area contributed by atoms with Crippen molar-refractivity contribution in [3.8, 4) is 0 Å². The van der Waals surface area contributed by atoms with Crippen LogP contribution in [0.25, 0.3) is 0 Å². The predicted molar refractivity (Wildman–Crippen MR) is 73.1 cm³/mol. The Balaban J connectivity index is 1.95. The van der Waals surface area contributed by atoms with Gasteiger partial charge in [0.15, 0.2) is 0 Å². The summed E-state index contributed by atoms with van der Waals surface area (Å²) in [6.07, 6.45) is 6.18. The number of methoxy groups -OCH3 is 1. The fourth-order valence-corrected chi connectivity index (χ4v) is 2.65. The van der Waals surface area contributed by atoms with Crippen LogP contribution < -0.4 is 0 Å². The van der Waals surface area contributed by atoms with Crippen LogP contribution in [0.1, 0.15) is 48.0 Å². The molecule has 0 aromatic heterocycles. The second kappa shape index (κ2) is 6.50. The summed E-state index contributed by atoms with van der Waals surface area (Å²) in [6.45, 7) is 0. The molecule has 0 N–H and O–H groups in total. The molecule has 1 aromatic rings. The number of hydrogen-bond acceptors (Lipinski definition) is 3. The SMILES string of the molecule is COC(=O)c1ccc(CC(=O)C2CCCCC2)cc1. The highest BCUT2D eigenvalue weighted by atomic mass is 16.5. The Labute approximate surface area is 114 Å². The summed E-state index contributed by atoms with van der Waals surface area (Å²) < 4.78 is 4.65. The molecule has 102 valence electrons. The summed E-state index contributed by atoms with van der Waals surface area (Å²) >= 11 is 0. The summed E-state index contributed by atoms with van der Waals surface area (Å²) in [4.78, 5) is 23.5. The first-order valence-corrected chi connectivity index (χ1v) is 6.90. The van der Waals surface area contributed by atoms with E-state index in [1.807, 2.05) is 12.1 Å². The molecule has 0 heterocycles. The Hall–Kier alpha value is -1.64. The van der Waals surface area contributed by atoms with Crippen molar-refractivity contribution >= 4 is 11.8 Å². The first kappa shape index (κ1) is 13.8. The van der Waals surface area contributed by atoms with Crippen LogP contribution in [0, 0.1) is 5.92 Å². The molecule has 0 radical (unpaired) electrons. The quantitative estimate of drug-likeness (QED) is 0.781. The lowest BCUT2D eigenvalue weighted by Gasteiger charge is -2.20. The summed E-state index contributed by atoms with van der Waals surface area (Å²) in [5, 5.41) is 0. The standard InChI is InChI=1S/C16H20O3/c1-19-16(18)14-9-7-12(8-10-14)11-15(17)13-5-3-2-4-6-13/h7-10,13H,2-6,11H2,1H3. The number of benzene rings is 1. The normalized spacial score (nSPS) is 16.1. The molecule has 0 aliphatic heterocycles. The fraction of sp³-hybridized carbons (Fsp3) is 0.500. The number of hydrogen-bond donors (Lipinski definition) is 0. The number of carbonyl (C=O) groups excluding carboxylic acids is 2. The van der Waals surface area contributed by atoms with Crippen molar-refractivity contribution < 1.29 is 14.3 Å². The van der Waals surface area contributed by atoms with E-state index in [1.165, 1.54) is 26.4 Å². The largest absolute Gasteiger partial charge is 0.465 e. The van der Waals surface area contributed by atoms with Gasteiger partial charge in [0.2, 0.25) is 0 Å². The van der Waals surface area contributed by atoms with Gasteiger partial charge >= 0.3 is 5.97 Å². The van der Waals surface area contributed by atoms with E-state index in [-0.39, 0.29) is 11.9 Å². The van der Waals surface area contributed by atoms with Crippen LogP contribution in [-0.4, -0.2) is 18.9 Å². The van der Waals surface area contributed by atoms with Gasteiger partial charge in [-0.25, -0.2) is 4.79 Å². The Morgan fingerprint density at radius 1 is 1.11 bits per heavy atom. The number of rotatable bonds is 4. The highest BCUT2D eigenvalue weighted by molar-refractivity contribution is 5.89. The molecule has 1 saturated carbocycles. The third-order valence-corrected chi connectivity index (χ3v) is 3.81. The van der Waals surface area contributed by atoms with E-state index >= 15 is 0 Å². The number of esters is 1. The van der Waals surface area contributed by atoms with E-state index < -0.39 is 0 Å². The smallest absolute Gasteiger partial charge is 0.337 e. The summed E-state index contributed by atoms with van der Waals surface area (Å²) in [6, 6.07) is 7.12. The van der Waals surface area contributed by atoms with E-state index in [4.69, 9.17) is 0 Å². The van der Waals surface area contributed by atoms with E-state index in [0.29, 0.717) is 17.8 Å². The zero-order chi connectivity index (χ0) is 13.7. The Kier molecular flexibility index (Phi) is 4.72. The van der Waals surface area contributed by atoms with Gasteiger partial charge in [-0.15, -0.1) is 0 Å². The van der Waals surface area contributed by atoms with Gasteiger partial charge in [-0.3, -0.25) is 4.79 Å². The summed E-state index contributed by atoms with van der Waals surface area (Å²) in [7, 11) is 1.36. The molecule has 1 aliphatic rings. The highest BCUT2D eigenvalue weighted by Gasteiger charge is 2.20. The second-order valence-corrected chi connectivity index (χ2v) is 5.17. The maximum absolute atomic E-state index is 12.2. The lowest BCUT2D eigenvalue weighted by Crippen LogP contribution is -2.19. The minimum Gasteiger partial charge on any atom is -0.465 e. The van der Waals surface area contributed by atoms with Crippen molar-refractivity contribution in [3.63, 3.8) is 0 Å². The van der Waals surface area contributed by atoms with Crippen molar-refractivity contribution in [2.45, 2.75) is 38.5 Å². The van der Waals surface area contributed by atoms with Crippen LogP contribution in [0.2, 0.25) is 0 Å². The minimum absolute atomic E-state index is 0.244. The zero-order valence-electron chi connectivity index (χ0n) is 11.4. The maximum Gasteiger partial charge on any atom is 0.337 e. The van der Waals surface area contributed by atoms with Crippen LogP contribution in [0.15, 0.2) is 24.3 Å². The predicted octanol–water partition coefficient (Wildman–Crippen LogP) is 3.17. The van der Waals surface area contributed by atoms with Crippen molar-refractivity contribution in [1.82, 2.24) is 0 Å². The molecule has 0 unspecified atom stereocenters. The van der Waals surface area contributed by atoms with Crippen molar-refractivity contribution in [1.29, 1.82) is 0 Å². The first-order chi connectivity index (χ1) is 9.20. The topological polar surface area (TPSA) is 43.4 Å². The van der Waals surface area contributed by atoms with Gasteiger partial charge in [0.25, 0.3) is 0 Å². The fourth-order valence-electron chi connectivity index (χ4n) is 2.65. The monoisotopic (exact) mass is 260 g/mol. The van der Waals surface area contributed by atoms with E-state index in [0.717, 1.165) is 18.4 Å². The molecule has 1 aromatic carbocycles. The second-order valence-electron chi connectivity index (χ2n) is 5.17. The molecule has 0 amide bonds. The van der Waals surface area contributed by atoms with Gasteiger partial charge < -0.3 is 4.74 Å². The molecular formula is C16H20O3. The van der Waals surface area contributed by atoms with Crippen LogP contribution in [0.4, 0.5) is 0 Å². The molecule has 2 rings (SSSR count). The third-order valence-electron chi connectivity index (χ3n) is 3.81. The van der Waals surface area contributed by atoms with Gasteiger partial charge in [-0.2, -0.15) is 0 Å². The molecule has 3 nitrogen and oxygen atoms in total. The Morgan fingerprint density at radius 3 is 2.32 bits per heavy atom. The molecule has 0 saturated heterocycles. The van der Waals surface area contributed by atoms with Crippen LogP contribution in [0.5, 0.6) is 0 Å². The summed E-state index contributed by atoms with van der Waals surface area (Å²) in [5.74, 6) is 0.240. The van der Waals surface area contributed by atoms with E-state index in [2.05, 4.69) is 4.74 Å². The van der Waals surface area contributed by atoms with E-state index in [1.54, 1.807) is 12.1 Å². The highest BCUT2D eigenvalue weighted by Crippen LogP contribution is 2.25. The first-order valence-electron chi connectivity index (χ1n) is 6.90. The Morgan fingerprint density at radius 2 is 1.74 bits per heavy atom. The molecule has 1 aliphatic carbocycles. The average molecular weight is 260 g/mol. The lowest BCUT2D eigenvalue weighted by atomic mass is 9.84. The van der Waals surface area contributed by atoms with Gasteiger partial charge in [-0.05, 0) is 30.5 Å². The van der Waals surface area contributed by atoms with Crippen LogP contribution >= 0.6 is 0 Å². The van der Waals surface area contributed by atoms with Crippen LogP contribution in [-0.2, 0) is 16.0 Å². The molecule has 0 atom stereocenters. The third kappa shape index (κ3) is 3.66. The molecule has 1 fully saturated rings. The van der Waals surface area contributed by atoms with Gasteiger partial charge in [0, 0.05) is 12.3 Å². The molecule has 0 spiro atoms. The molecule has 0 bridgehead atoms. The maximum atomic E-state index is 12.2. The van der Waals surface area contributed by atoms with Crippen molar-refractivity contribution in [2.24, 2.45) is 5.92 Å². The zero-order valence-corrected chi connectivity index (χ0v) is 11.4. The number of ketones is 1. The Bertz CT molecular complexity index is 442.